The number of halogens is 1. The first kappa shape index (κ1) is 18.9. The van der Waals surface area contributed by atoms with Crippen molar-refractivity contribution in [2.24, 2.45) is 0 Å². The van der Waals surface area contributed by atoms with Crippen LogP contribution in [0.2, 0.25) is 5.02 Å². The van der Waals surface area contributed by atoms with Gasteiger partial charge in [0.05, 0.1) is 29.1 Å². The van der Waals surface area contributed by atoms with E-state index in [0.717, 1.165) is 23.3 Å². The van der Waals surface area contributed by atoms with Crippen LogP contribution in [0.3, 0.4) is 0 Å². The first-order valence-electron chi connectivity index (χ1n) is 8.61. The molecule has 0 aliphatic rings. The third-order valence-electron chi connectivity index (χ3n) is 4.19. The molecular formula is C20H20ClN3O3. The lowest BCUT2D eigenvalue weighted by atomic mass is 10.1. The Balaban J connectivity index is 2.01. The highest BCUT2D eigenvalue weighted by Crippen LogP contribution is 2.25. The van der Waals surface area contributed by atoms with Crippen LogP contribution < -0.4 is 5.32 Å². The van der Waals surface area contributed by atoms with E-state index in [0.29, 0.717) is 28.4 Å². The summed E-state index contributed by atoms with van der Waals surface area (Å²) in [5.74, 6) is -0.835. The van der Waals surface area contributed by atoms with Gasteiger partial charge in [0, 0.05) is 6.20 Å². The molecule has 0 aliphatic carbocycles. The second-order valence-electron chi connectivity index (χ2n) is 6.23. The topological polar surface area (TPSA) is 72.7 Å². The monoisotopic (exact) mass is 385 g/mol. The van der Waals surface area contributed by atoms with Gasteiger partial charge in [0.2, 0.25) is 0 Å². The molecule has 0 fully saturated rings. The second kappa shape index (κ2) is 7.80. The zero-order chi connectivity index (χ0) is 19.6. The van der Waals surface area contributed by atoms with Gasteiger partial charge in [-0.15, -0.1) is 0 Å². The summed E-state index contributed by atoms with van der Waals surface area (Å²) in [4.78, 5) is 29.4. The molecule has 6 nitrogen and oxygen atoms in total. The number of methoxy groups -OCH3 is 1. The number of carbonyl (C=O) groups is 2. The fourth-order valence-corrected chi connectivity index (χ4v) is 3.06. The van der Waals surface area contributed by atoms with E-state index in [4.69, 9.17) is 16.3 Å². The summed E-state index contributed by atoms with van der Waals surface area (Å²) in [6.45, 7) is 4.01. The number of esters is 1. The first-order valence-corrected chi connectivity index (χ1v) is 8.99. The molecule has 3 aromatic rings. The molecule has 0 bridgehead atoms. The standard InChI is InChI=1S/C20H20ClN3O3/c1-4-5-15-18(24-9-8-12(2)10-17(24)22-15)19(25)23-16-11-13(20(26)27-3)6-7-14(16)21/h6-11H,4-5H2,1-3H3,(H,23,25). The van der Waals surface area contributed by atoms with Gasteiger partial charge in [-0.25, -0.2) is 9.78 Å². The maximum Gasteiger partial charge on any atom is 0.337 e. The summed E-state index contributed by atoms with van der Waals surface area (Å²) < 4.78 is 6.49. The van der Waals surface area contributed by atoms with E-state index in [2.05, 4.69) is 10.3 Å². The molecule has 0 spiro atoms. The number of benzene rings is 1. The molecule has 1 amide bonds. The lowest BCUT2D eigenvalue weighted by Crippen LogP contribution is -2.17. The van der Waals surface area contributed by atoms with Crippen LogP contribution in [-0.4, -0.2) is 28.4 Å². The molecule has 0 unspecified atom stereocenters. The zero-order valence-electron chi connectivity index (χ0n) is 15.4. The Bertz CT molecular complexity index is 1030. The maximum atomic E-state index is 13.0. The van der Waals surface area contributed by atoms with Crippen LogP contribution in [0.15, 0.2) is 36.5 Å². The number of imidazole rings is 1. The third-order valence-corrected chi connectivity index (χ3v) is 4.52. The average Bonchev–Trinajstić information content (AvgIpc) is 3.00. The van der Waals surface area contributed by atoms with Gasteiger partial charge in [-0.1, -0.05) is 24.9 Å². The molecule has 1 aromatic carbocycles. The number of pyridine rings is 1. The number of aromatic nitrogens is 2. The van der Waals surface area contributed by atoms with Crippen LogP contribution in [0, 0.1) is 6.92 Å². The van der Waals surface area contributed by atoms with Crippen LogP contribution in [0.25, 0.3) is 5.65 Å². The van der Waals surface area contributed by atoms with Gasteiger partial charge in [-0.3, -0.25) is 9.20 Å². The van der Waals surface area contributed by atoms with E-state index in [1.807, 2.05) is 32.2 Å². The van der Waals surface area contributed by atoms with Crippen LogP contribution in [-0.2, 0) is 11.2 Å². The summed E-state index contributed by atoms with van der Waals surface area (Å²) in [6, 6.07) is 8.45. The van der Waals surface area contributed by atoms with Gasteiger partial charge in [-0.05, 0) is 49.2 Å². The molecule has 0 atom stereocenters. The van der Waals surface area contributed by atoms with Gasteiger partial charge in [0.1, 0.15) is 11.3 Å². The molecule has 0 radical (unpaired) electrons. The maximum absolute atomic E-state index is 13.0. The number of ether oxygens (including phenoxy) is 1. The molecule has 3 rings (SSSR count). The number of nitrogens with one attached hydrogen (secondary N) is 1. The highest BCUT2D eigenvalue weighted by Gasteiger charge is 2.20. The van der Waals surface area contributed by atoms with Crippen molar-refractivity contribution in [3.8, 4) is 0 Å². The predicted molar refractivity (Wildman–Crippen MR) is 105 cm³/mol. The van der Waals surface area contributed by atoms with E-state index < -0.39 is 5.97 Å². The average molecular weight is 386 g/mol. The Morgan fingerprint density at radius 1 is 1.26 bits per heavy atom. The van der Waals surface area contributed by atoms with Crippen molar-refractivity contribution >= 4 is 34.8 Å². The summed E-state index contributed by atoms with van der Waals surface area (Å²) in [5.41, 5.74) is 3.62. The van der Waals surface area contributed by atoms with Crippen LogP contribution >= 0.6 is 11.6 Å². The summed E-state index contributed by atoms with van der Waals surface area (Å²) in [5, 5.41) is 3.13. The lowest BCUT2D eigenvalue weighted by molar-refractivity contribution is 0.0600. The van der Waals surface area contributed by atoms with Gasteiger partial charge in [0.25, 0.3) is 5.91 Å². The zero-order valence-corrected chi connectivity index (χ0v) is 16.1. The van der Waals surface area contributed by atoms with Crippen molar-refractivity contribution in [1.82, 2.24) is 9.38 Å². The highest BCUT2D eigenvalue weighted by molar-refractivity contribution is 6.34. The quantitative estimate of drug-likeness (QED) is 0.665. The Hall–Kier alpha value is -2.86. The first-order chi connectivity index (χ1) is 12.9. The lowest BCUT2D eigenvalue weighted by Gasteiger charge is -2.10. The van der Waals surface area contributed by atoms with Crippen LogP contribution in [0.1, 0.15) is 45.4 Å². The number of carbonyl (C=O) groups excluding carboxylic acids is 2. The van der Waals surface area contributed by atoms with E-state index in [1.54, 1.807) is 16.5 Å². The van der Waals surface area contributed by atoms with Crippen LogP contribution in [0.4, 0.5) is 5.69 Å². The predicted octanol–water partition coefficient (Wildman–Crippen LogP) is 4.29. The van der Waals surface area contributed by atoms with E-state index in [9.17, 15) is 9.59 Å². The van der Waals surface area contributed by atoms with Crippen molar-refractivity contribution in [2.75, 3.05) is 12.4 Å². The molecule has 2 aromatic heterocycles. The van der Waals surface area contributed by atoms with Crippen LogP contribution in [0.5, 0.6) is 0 Å². The number of rotatable bonds is 5. The van der Waals surface area contributed by atoms with Gasteiger partial charge < -0.3 is 10.1 Å². The number of amides is 1. The van der Waals surface area contributed by atoms with Gasteiger partial charge in [-0.2, -0.15) is 0 Å². The smallest absolute Gasteiger partial charge is 0.337 e. The number of fused-ring (bicyclic) bond motifs is 1. The number of aryl methyl sites for hydroxylation is 2. The number of nitrogens with zero attached hydrogens (tertiary/aromatic N) is 2. The number of hydrogen-bond acceptors (Lipinski definition) is 4. The molecule has 27 heavy (non-hydrogen) atoms. The summed E-state index contributed by atoms with van der Waals surface area (Å²) >= 11 is 6.20. The Morgan fingerprint density at radius 3 is 2.74 bits per heavy atom. The van der Waals surface area contributed by atoms with E-state index in [1.165, 1.54) is 13.2 Å². The van der Waals surface area contributed by atoms with Crippen molar-refractivity contribution in [3.05, 3.63) is 64.1 Å². The normalized spacial score (nSPS) is 10.8. The van der Waals surface area contributed by atoms with Gasteiger partial charge in [0.15, 0.2) is 0 Å². The molecule has 1 N–H and O–H groups in total. The second-order valence-corrected chi connectivity index (χ2v) is 6.64. The largest absolute Gasteiger partial charge is 0.465 e. The molecule has 140 valence electrons. The molecule has 0 aliphatic heterocycles. The fourth-order valence-electron chi connectivity index (χ4n) is 2.89. The molecule has 7 heteroatoms. The highest BCUT2D eigenvalue weighted by atomic mass is 35.5. The minimum Gasteiger partial charge on any atom is -0.465 e. The van der Waals surface area contributed by atoms with Crippen molar-refractivity contribution < 1.29 is 14.3 Å². The molecule has 2 heterocycles. The Labute approximate surface area is 162 Å². The fraction of sp³-hybridized carbons (Fsp3) is 0.250. The molecular weight excluding hydrogens is 366 g/mol. The minimum atomic E-state index is -0.501. The van der Waals surface area contributed by atoms with Crippen molar-refractivity contribution in [2.45, 2.75) is 26.7 Å². The van der Waals surface area contributed by atoms with Gasteiger partial charge >= 0.3 is 5.97 Å². The number of anilines is 1. The Morgan fingerprint density at radius 2 is 2.04 bits per heavy atom. The minimum absolute atomic E-state index is 0.305. The van der Waals surface area contributed by atoms with E-state index >= 15 is 0 Å². The van der Waals surface area contributed by atoms with Crippen molar-refractivity contribution in [3.63, 3.8) is 0 Å². The third kappa shape index (κ3) is 3.80. The van der Waals surface area contributed by atoms with E-state index in [-0.39, 0.29) is 5.91 Å². The molecule has 0 saturated carbocycles. The Kier molecular flexibility index (Phi) is 5.46. The SMILES string of the molecule is CCCc1nc2cc(C)ccn2c1C(=O)Nc1cc(C(=O)OC)ccc1Cl. The summed E-state index contributed by atoms with van der Waals surface area (Å²) in [6.07, 6.45) is 3.37. The summed E-state index contributed by atoms with van der Waals surface area (Å²) in [7, 11) is 1.30. The van der Waals surface area contributed by atoms with Crippen molar-refractivity contribution in [1.29, 1.82) is 0 Å². The number of hydrogen-bond donors (Lipinski definition) is 1. The molecule has 0 saturated heterocycles.